The van der Waals surface area contributed by atoms with Crippen LogP contribution in [0.25, 0.3) is 0 Å². The van der Waals surface area contributed by atoms with E-state index in [1.807, 2.05) is 0 Å². The maximum absolute atomic E-state index is 6.53. The van der Waals surface area contributed by atoms with Gasteiger partial charge in [-0.2, -0.15) is 0 Å². The molecule has 0 aromatic carbocycles. The number of hydrogen-bond acceptors (Lipinski definition) is 4. The molecule has 2 atom stereocenters. The zero-order valence-electron chi connectivity index (χ0n) is 19.7. The predicted octanol–water partition coefficient (Wildman–Crippen LogP) is 5.42. The average molecular weight is 408 g/mol. The van der Waals surface area contributed by atoms with E-state index < -0.39 is 0 Å². The molecule has 0 N–H and O–H groups in total. The molecule has 4 heteroatoms. The van der Waals surface area contributed by atoms with E-state index in [9.17, 15) is 0 Å². The van der Waals surface area contributed by atoms with Gasteiger partial charge >= 0.3 is 0 Å². The molecule has 0 bridgehead atoms. The minimum absolute atomic E-state index is 0.204. The van der Waals surface area contributed by atoms with Gasteiger partial charge in [-0.3, -0.25) is 0 Å². The Morgan fingerprint density at radius 1 is 1.07 bits per heavy atom. The zero-order valence-corrected chi connectivity index (χ0v) is 19.7. The van der Waals surface area contributed by atoms with Gasteiger partial charge in [0.2, 0.25) is 0 Å². The Hall–Kier alpha value is -0.420. The van der Waals surface area contributed by atoms with Gasteiger partial charge in [-0.05, 0) is 48.9 Å². The zero-order chi connectivity index (χ0) is 21.1. The Morgan fingerprint density at radius 2 is 1.79 bits per heavy atom. The van der Waals surface area contributed by atoms with Crippen molar-refractivity contribution in [3.63, 3.8) is 0 Å². The predicted molar refractivity (Wildman–Crippen MR) is 119 cm³/mol. The molecule has 0 amide bonds. The number of nitrogens with zero attached hydrogens (tertiary/aromatic N) is 1. The Morgan fingerprint density at radius 3 is 2.38 bits per heavy atom. The average Bonchev–Trinajstić information content (AvgIpc) is 3.29. The van der Waals surface area contributed by atoms with Crippen molar-refractivity contribution >= 4 is 0 Å². The molecule has 2 aliphatic heterocycles. The minimum atomic E-state index is -0.318. The topological polar surface area (TPSA) is 30.9 Å². The third-order valence-corrected chi connectivity index (χ3v) is 7.19. The lowest BCUT2D eigenvalue weighted by Gasteiger charge is -2.41. The Labute approximate surface area is 179 Å². The number of hydrogen-bond donors (Lipinski definition) is 0. The molecule has 2 saturated heterocycles. The van der Waals surface area contributed by atoms with Crippen LogP contribution in [0.3, 0.4) is 0 Å². The molecule has 1 spiro atoms. The van der Waals surface area contributed by atoms with Crippen LogP contribution in [-0.4, -0.2) is 55.7 Å². The highest BCUT2D eigenvalue weighted by molar-refractivity contribution is 4.97. The third kappa shape index (κ3) is 6.53. The molecule has 1 aliphatic carbocycles. The van der Waals surface area contributed by atoms with Crippen molar-refractivity contribution in [2.75, 3.05) is 32.8 Å². The highest BCUT2D eigenvalue weighted by Gasteiger charge is 2.46. The molecule has 0 radical (unpaired) electrons. The summed E-state index contributed by atoms with van der Waals surface area (Å²) in [4.78, 5) is 2.59. The summed E-state index contributed by atoms with van der Waals surface area (Å²) in [6.07, 6.45) is 10.6. The molecule has 4 nitrogen and oxygen atoms in total. The van der Waals surface area contributed by atoms with E-state index in [1.165, 1.54) is 25.7 Å². The van der Waals surface area contributed by atoms with Gasteiger partial charge in [0.15, 0.2) is 5.79 Å². The first-order valence-electron chi connectivity index (χ1n) is 11.9. The first-order valence-corrected chi connectivity index (χ1v) is 11.9. The maximum atomic E-state index is 6.53. The fourth-order valence-electron chi connectivity index (χ4n) is 5.30. The molecule has 1 saturated carbocycles. The molecular weight excluding hydrogens is 362 g/mol. The lowest BCUT2D eigenvalue weighted by atomic mass is 9.70. The van der Waals surface area contributed by atoms with Gasteiger partial charge in [-0.25, -0.2) is 0 Å². The lowest BCUT2D eigenvalue weighted by Crippen LogP contribution is -2.41. The van der Waals surface area contributed by atoms with Crippen LogP contribution >= 0.6 is 0 Å². The van der Waals surface area contributed by atoms with E-state index in [0.29, 0.717) is 17.4 Å². The molecule has 3 rings (SSSR count). The van der Waals surface area contributed by atoms with Crippen molar-refractivity contribution in [3.8, 4) is 0 Å². The Bertz CT molecular complexity index is 525. The van der Waals surface area contributed by atoms with Crippen molar-refractivity contribution in [2.24, 2.45) is 16.7 Å². The minimum Gasteiger partial charge on any atom is -0.377 e. The van der Waals surface area contributed by atoms with Crippen LogP contribution in [0.15, 0.2) is 12.7 Å². The monoisotopic (exact) mass is 407 g/mol. The summed E-state index contributed by atoms with van der Waals surface area (Å²) in [5.74, 6) is 0.368. The number of rotatable bonds is 8. The SMILES string of the molecule is C=CC(C)(C)C1CCC2(CC1)OCC(CCN(CC1CCCO1)CC(C)(C)C)O2. The van der Waals surface area contributed by atoms with Crippen molar-refractivity contribution in [2.45, 2.75) is 97.6 Å². The normalized spacial score (nSPS) is 33.7. The maximum Gasteiger partial charge on any atom is 0.168 e. The van der Waals surface area contributed by atoms with Crippen LogP contribution in [-0.2, 0) is 14.2 Å². The lowest BCUT2D eigenvalue weighted by molar-refractivity contribution is -0.196. The first-order chi connectivity index (χ1) is 13.6. The number of ether oxygens (including phenoxy) is 3. The van der Waals surface area contributed by atoms with Crippen LogP contribution < -0.4 is 0 Å². The second-order valence-electron chi connectivity index (χ2n) is 11.5. The molecule has 2 heterocycles. The van der Waals surface area contributed by atoms with Gasteiger partial charge in [0, 0.05) is 39.1 Å². The smallest absolute Gasteiger partial charge is 0.168 e. The second kappa shape index (κ2) is 9.38. The van der Waals surface area contributed by atoms with Crippen LogP contribution in [0.2, 0.25) is 0 Å². The fourth-order valence-corrected chi connectivity index (χ4v) is 5.30. The molecule has 0 aromatic heterocycles. The van der Waals surface area contributed by atoms with Gasteiger partial charge in [-0.15, -0.1) is 6.58 Å². The van der Waals surface area contributed by atoms with Gasteiger partial charge < -0.3 is 19.1 Å². The largest absolute Gasteiger partial charge is 0.377 e. The van der Waals surface area contributed by atoms with Crippen molar-refractivity contribution in [1.82, 2.24) is 4.90 Å². The van der Waals surface area contributed by atoms with Crippen molar-refractivity contribution in [1.29, 1.82) is 0 Å². The number of allylic oxidation sites excluding steroid dienone is 1. The van der Waals surface area contributed by atoms with Crippen LogP contribution in [0.4, 0.5) is 0 Å². The van der Waals surface area contributed by atoms with E-state index in [-0.39, 0.29) is 17.3 Å². The van der Waals surface area contributed by atoms with Crippen LogP contribution in [0.1, 0.15) is 79.6 Å². The standard InChI is InChI=1S/C25H45NO3/c1-7-24(5,6)20-10-13-25(14-11-20)28-18-22(29-25)12-15-26(19-23(2,3)4)17-21-9-8-16-27-21/h7,20-22H,1,8-19H2,2-6H3. The van der Waals surface area contributed by atoms with Crippen molar-refractivity contribution in [3.05, 3.63) is 12.7 Å². The van der Waals surface area contributed by atoms with Crippen LogP contribution in [0.5, 0.6) is 0 Å². The fraction of sp³-hybridized carbons (Fsp3) is 0.920. The summed E-state index contributed by atoms with van der Waals surface area (Å²) in [6, 6.07) is 0. The molecule has 3 fully saturated rings. The van der Waals surface area contributed by atoms with Gasteiger partial charge in [0.05, 0.1) is 18.8 Å². The van der Waals surface area contributed by atoms with E-state index >= 15 is 0 Å². The molecule has 29 heavy (non-hydrogen) atoms. The summed E-state index contributed by atoms with van der Waals surface area (Å²) in [7, 11) is 0. The van der Waals surface area contributed by atoms with Gasteiger partial charge in [-0.1, -0.05) is 40.7 Å². The highest BCUT2D eigenvalue weighted by Crippen LogP contribution is 2.46. The highest BCUT2D eigenvalue weighted by atomic mass is 16.7. The summed E-state index contributed by atoms with van der Waals surface area (Å²) >= 11 is 0. The quantitative estimate of drug-likeness (QED) is 0.503. The van der Waals surface area contributed by atoms with Gasteiger partial charge in [0.1, 0.15) is 0 Å². The summed E-state index contributed by atoms with van der Waals surface area (Å²) in [5.41, 5.74) is 0.499. The van der Waals surface area contributed by atoms with E-state index in [0.717, 1.165) is 52.1 Å². The summed E-state index contributed by atoms with van der Waals surface area (Å²) in [6.45, 7) is 20.5. The first kappa shape index (κ1) is 23.2. The molecule has 168 valence electrons. The van der Waals surface area contributed by atoms with Gasteiger partial charge in [0.25, 0.3) is 0 Å². The molecule has 3 aliphatic rings. The molecule has 0 aromatic rings. The van der Waals surface area contributed by atoms with Crippen molar-refractivity contribution < 1.29 is 14.2 Å². The summed E-state index contributed by atoms with van der Waals surface area (Å²) < 4.78 is 18.7. The second-order valence-corrected chi connectivity index (χ2v) is 11.5. The summed E-state index contributed by atoms with van der Waals surface area (Å²) in [5, 5.41) is 0. The van der Waals surface area contributed by atoms with E-state index in [1.54, 1.807) is 0 Å². The molecule has 2 unspecified atom stereocenters. The Kier molecular flexibility index (Phi) is 7.52. The third-order valence-electron chi connectivity index (χ3n) is 7.19. The molecular formula is C25H45NO3. The van der Waals surface area contributed by atoms with E-state index in [2.05, 4.69) is 52.2 Å². The Balaban J connectivity index is 1.47. The van der Waals surface area contributed by atoms with Crippen LogP contribution in [0, 0.1) is 16.7 Å². The van der Waals surface area contributed by atoms with E-state index in [4.69, 9.17) is 14.2 Å².